The van der Waals surface area contributed by atoms with Crippen LogP contribution in [-0.4, -0.2) is 24.5 Å². The molecule has 0 atom stereocenters. The molecule has 1 aromatic carbocycles. The molecule has 0 unspecified atom stereocenters. The van der Waals surface area contributed by atoms with Crippen LogP contribution in [0.25, 0.3) is 21.9 Å². The predicted molar refractivity (Wildman–Crippen MR) is 84.0 cm³/mol. The van der Waals surface area contributed by atoms with E-state index in [1.807, 2.05) is 6.07 Å². The highest BCUT2D eigenvalue weighted by molar-refractivity contribution is 6.31. The summed E-state index contributed by atoms with van der Waals surface area (Å²) in [6.07, 6.45) is 4.66. The predicted octanol–water partition coefficient (Wildman–Crippen LogP) is 2.37. The molecule has 0 aliphatic heterocycles. The fraction of sp³-hybridized carbons (Fsp3) is 0.0667. The van der Waals surface area contributed by atoms with Gasteiger partial charge in [-0.15, -0.1) is 0 Å². The van der Waals surface area contributed by atoms with Crippen LogP contribution in [0.1, 0.15) is 5.82 Å². The zero-order chi connectivity index (χ0) is 15.1. The van der Waals surface area contributed by atoms with E-state index in [2.05, 4.69) is 19.9 Å². The molecule has 0 saturated heterocycles. The number of nitrogens with one attached hydrogen (secondary N) is 1. The monoisotopic (exact) mass is 311 g/mol. The van der Waals surface area contributed by atoms with Gasteiger partial charge in [0.1, 0.15) is 5.82 Å². The number of H-pyrrole nitrogens is 1. The Morgan fingerprint density at radius 1 is 1.23 bits per heavy atom. The van der Waals surface area contributed by atoms with E-state index in [1.54, 1.807) is 30.6 Å². The summed E-state index contributed by atoms with van der Waals surface area (Å²) in [5.41, 5.74) is 2.12. The standard InChI is InChI=1S/C15H10ClN5O/c16-9-1-2-11-12(5-9)20-14(19-11)7-21-8-18-13-6-17-4-3-10(13)15(21)22/h1-6,8H,7H2,(H,19,20). The van der Waals surface area contributed by atoms with Crippen LogP contribution in [0.3, 0.4) is 0 Å². The molecule has 0 aliphatic carbocycles. The first-order valence-electron chi connectivity index (χ1n) is 6.64. The number of pyridine rings is 1. The third kappa shape index (κ3) is 2.14. The fourth-order valence-electron chi connectivity index (χ4n) is 2.39. The molecule has 3 heterocycles. The van der Waals surface area contributed by atoms with Crippen LogP contribution in [0.5, 0.6) is 0 Å². The Labute approximate surface area is 129 Å². The second kappa shape index (κ2) is 4.92. The average molecular weight is 312 g/mol. The number of halogens is 1. The SMILES string of the molecule is O=c1c2ccncc2ncn1Cc1nc2ccc(Cl)cc2[nH]1. The summed E-state index contributed by atoms with van der Waals surface area (Å²) in [5, 5.41) is 1.18. The lowest BCUT2D eigenvalue weighted by atomic mass is 10.3. The number of hydrogen-bond donors (Lipinski definition) is 1. The summed E-state index contributed by atoms with van der Waals surface area (Å²) in [7, 11) is 0. The van der Waals surface area contributed by atoms with Crippen LogP contribution in [0.15, 0.2) is 47.8 Å². The molecule has 1 N–H and O–H groups in total. The molecular weight excluding hydrogens is 302 g/mol. The molecule has 0 fully saturated rings. The summed E-state index contributed by atoms with van der Waals surface area (Å²) >= 11 is 5.96. The summed E-state index contributed by atoms with van der Waals surface area (Å²) in [6, 6.07) is 7.09. The third-order valence-electron chi connectivity index (χ3n) is 3.44. The van der Waals surface area contributed by atoms with Gasteiger partial charge in [-0.05, 0) is 24.3 Å². The number of aromatic nitrogens is 5. The van der Waals surface area contributed by atoms with E-state index < -0.39 is 0 Å². The Hall–Kier alpha value is -2.73. The number of rotatable bonds is 2. The summed E-state index contributed by atoms with van der Waals surface area (Å²) < 4.78 is 1.52. The number of nitrogens with zero attached hydrogens (tertiary/aromatic N) is 4. The van der Waals surface area contributed by atoms with Crippen LogP contribution >= 0.6 is 11.6 Å². The van der Waals surface area contributed by atoms with Gasteiger partial charge in [-0.2, -0.15) is 0 Å². The second-order valence-electron chi connectivity index (χ2n) is 4.92. The lowest BCUT2D eigenvalue weighted by Crippen LogP contribution is -2.21. The van der Waals surface area contributed by atoms with Crippen molar-refractivity contribution in [2.45, 2.75) is 6.54 Å². The number of fused-ring (bicyclic) bond motifs is 2. The molecule has 3 aromatic heterocycles. The molecule has 22 heavy (non-hydrogen) atoms. The van der Waals surface area contributed by atoms with Crippen molar-refractivity contribution in [3.05, 3.63) is 64.2 Å². The maximum Gasteiger partial charge on any atom is 0.261 e. The van der Waals surface area contributed by atoms with Gasteiger partial charge in [-0.3, -0.25) is 14.3 Å². The zero-order valence-electron chi connectivity index (χ0n) is 11.3. The molecule has 0 saturated carbocycles. The number of hydrogen-bond acceptors (Lipinski definition) is 4. The molecule has 0 amide bonds. The highest BCUT2D eigenvalue weighted by atomic mass is 35.5. The van der Waals surface area contributed by atoms with Gasteiger partial charge >= 0.3 is 0 Å². The van der Waals surface area contributed by atoms with Gasteiger partial charge in [0.25, 0.3) is 5.56 Å². The van der Waals surface area contributed by atoms with Gasteiger partial charge in [0.15, 0.2) is 0 Å². The molecule has 0 radical (unpaired) electrons. The molecule has 4 rings (SSSR count). The van der Waals surface area contributed by atoms with Gasteiger partial charge in [0.2, 0.25) is 0 Å². The summed E-state index contributed by atoms with van der Waals surface area (Å²) in [4.78, 5) is 28.3. The number of benzene rings is 1. The first-order valence-corrected chi connectivity index (χ1v) is 7.02. The van der Waals surface area contributed by atoms with Crippen molar-refractivity contribution in [3.8, 4) is 0 Å². The van der Waals surface area contributed by atoms with Crippen LogP contribution in [0.4, 0.5) is 0 Å². The van der Waals surface area contributed by atoms with Gasteiger partial charge < -0.3 is 4.98 Å². The lowest BCUT2D eigenvalue weighted by Gasteiger charge is -2.03. The van der Waals surface area contributed by atoms with Gasteiger partial charge in [0.05, 0.1) is 41.0 Å². The lowest BCUT2D eigenvalue weighted by molar-refractivity contribution is 0.717. The quantitative estimate of drug-likeness (QED) is 0.616. The minimum absolute atomic E-state index is 0.120. The van der Waals surface area contributed by atoms with Gasteiger partial charge in [-0.1, -0.05) is 11.6 Å². The number of aromatic amines is 1. The van der Waals surface area contributed by atoms with Crippen molar-refractivity contribution in [3.63, 3.8) is 0 Å². The van der Waals surface area contributed by atoms with Gasteiger partial charge in [0, 0.05) is 11.2 Å². The minimum atomic E-state index is -0.120. The van der Waals surface area contributed by atoms with E-state index in [-0.39, 0.29) is 5.56 Å². The molecule has 7 heteroatoms. The van der Waals surface area contributed by atoms with E-state index in [0.717, 1.165) is 11.0 Å². The summed E-state index contributed by atoms with van der Waals surface area (Å²) in [6.45, 7) is 0.316. The van der Waals surface area contributed by atoms with Crippen LogP contribution < -0.4 is 5.56 Å². The maximum atomic E-state index is 12.4. The average Bonchev–Trinajstić information content (AvgIpc) is 2.92. The van der Waals surface area contributed by atoms with Crippen LogP contribution in [-0.2, 0) is 6.54 Å². The van der Waals surface area contributed by atoms with Crippen molar-refractivity contribution < 1.29 is 0 Å². The Bertz CT molecular complexity index is 1050. The molecule has 6 nitrogen and oxygen atoms in total. The molecular formula is C15H10ClN5O. The normalized spacial score (nSPS) is 11.3. The molecule has 0 aliphatic rings. The van der Waals surface area contributed by atoms with E-state index in [0.29, 0.717) is 28.3 Å². The molecule has 108 valence electrons. The van der Waals surface area contributed by atoms with E-state index in [1.165, 1.54) is 10.9 Å². The Kier molecular flexibility index (Phi) is 2.90. The molecule has 4 aromatic rings. The van der Waals surface area contributed by atoms with Crippen LogP contribution in [0.2, 0.25) is 5.02 Å². The topological polar surface area (TPSA) is 76.5 Å². The van der Waals surface area contributed by atoms with E-state index in [4.69, 9.17) is 11.6 Å². The minimum Gasteiger partial charge on any atom is -0.340 e. The zero-order valence-corrected chi connectivity index (χ0v) is 12.1. The van der Waals surface area contributed by atoms with Crippen molar-refractivity contribution in [1.82, 2.24) is 24.5 Å². The maximum absolute atomic E-state index is 12.4. The van der Waals surface area contributed by atoms with Crippen molar-refractivity contribution in [2.24, 2.45) is 0 Å². The molecule has 0 bridgehead atoms. The first-order chi connectivity index (χ1) is 10.7. The fourth-order valence-corrected chi connectivity index (χ4v) is 2.56. The Morgan fingerprint density at radius 2 is 2.14 bits per heavy atom. The smallest absolute Gasteiger partial charge is 0.261 e. The molecule has 0 spiro atoms. The van der Waals surface area contributed by atoms with Crippen molar-refractivity contribution >= 4 is 33.5 Å². The highest BCUT2D eigenvalue weighted by Gasteiger charge is 2.08. The van der Waals surface area contributed by atoms with Crippen LogP contribution in [0, 0.1) is 0 Å². The first kappa shape index (κ1) is 13.0. The number of imidazole rings is 1. The van der Waals surface area contributed by atoms with Crippen molar-refractivity contribution in [1.29, 1.82) is 0 Å². The Morgan fingerprint density at radius 3 is 3.05 bits per heavy atom. The highest BCUT2D eigenvalue weighted by Crippen LogP contribution is 2.17. The second-order valence-corrected chi connectivity index (χ2v) is 5.35. The van der Waals surface area contributed by atoms with E-state index >= 15 is 0 Å². The Balaban J connectivity index is 1.78. The van der Waals surface area contributed by atoms with E-state index in [9.17, 15) is 4.79 Å². The van der Waals surface area contributed by atoms with Gasteiger partial charge in [-0.25, -0.2) is 9.97 Å². The largest absolute Gasteiger partial charge is 0.340 e. The summed E-state index contributed by atoms with van der Waals surface area (Å²) in [5.74, 6) is 0.676. The van der Waals surface area contributed by atoms with Crippen molar-refractivity contribution in [2.75, 3.05) is 0 Å². The third-order valence-corrected chi connectivity index (χ3v) is 3.68.